The van der Waals surface area contributed by atoms with Gasteiger partial charge < -0.3 is 10.2 Å². The summed E-state index contributed by atoms with van der Waals surface area (Å²) in [6.07, 6.45) is 7.44. The Kier molecular flexibility index (Phi) is 6.22. The molecule has 1 aliphatic rings. The molecule has 2 heterocycles. The van der Waals surface area contributed by atoms with E-state index in [1.165, 1.54) is 24.6 Å². The lowest BCUT2D eigenvalue weighted by atomic mass is 10.0. The van der Waals surface area contributed by atoms with Gasteiger partial charge in [0, 0.05) is 31.2 Å². The molecule has 2 aromatic rings. The Labute approximate surface area is 160 Å². The van der Waals surface area contributed by atoms with Crippen molar-refractivity contribution < 1.29 is 9.59 Å². The Morgan fingerprint density at radius 3 is 2.22 bits per heavy atom. The average molecular weight is 365 g/mol. The summed E-state index contributed by atoms with van der Waals surface area (Å²) in [4.78, 5) is 31.3. The molecule has 2 amide bonds. The van der Waals surface area contributed by atoms with E-state index in [1.54, 1.807) is 12.3 Å². The molecule has 0 unspecified atom stereocenters. The topological polar surface area (TPSA) is 62.3 Å². The molecule has 27 heavy (non-hydrogen) atoms. The van der Waals surface area contributed by atoms with Gasteiger partial charge in [0.2, 0.25) is 0 Å². The number of nitrogens with one attached hydrogen (secondary N) is 1. The van der Waals surface area contributed by atoms with Gasteiger partial charge in [0.05, 0.1) is 11.1 Å². The molecule has 142 valence electrons. The van der Waals surface area contributed by atoms with E-state index in [-0.39, 0.29) is 11.8 Å². The molecule has 0 saturated carbocycles. The SMILES string of the molecule is CC(C)c1ccc(NC(=O)c2cncc(C(=O)N3CCCCCC3)c2)cc1. The first-order valence-corrected chi connectivity index (χ1v) is 9.70. The van der Waals surface area contributed by atoms with Crippen LogP contribution in [0.25, 0.3) is 0 Å². The highest BCUT2D eigenvalue weighted by atomic mass is 16.2. The van der Waals surface area contributed by atoms with Crippen molar-refractivity contribution in [3.05, 3.63) is 59.4 Å². The molecule has 1 N–H and O–H groups in total. The highest BCUT2D eigenvalue weighted by Gasteiger charge is 2.19. The first kappa shape index (κ1) is 19.1. The fourth-order valence-corrected chi connectivity index (χ4v) is 3.29. The molecule has 3 rings (SSSR count). The van der Waals surface area contributed by atoms with Crippen molar-refractivity contribution in [3.8, 4) is 0 Å². The van der Waals surface area contributed by atoms with E-state index < -0.39 is 0 Å². The van der Waals surface area contributed by atoms with Gasteiger partial charge in [0.15, 0.2) is 0 Å². The van der Waals surface area contributed by atoms with Crippen molar-refractivity contribution >= 4 is 17.5 Å². The molecule has 0 aliphatic carbocycles. The maximum Gasteiger partial charge on any atom is 0.257 e. The third-order valence-electron chi connectivity index (χ3n) is 4.98. The quantitative estimate of drug-likeness (QED) is 0.869. The second kappa shape index (κ2) is 8.80. The van der Waals surface area contributed by atoms with Gasteiger partial charge in [-0.3, -0.25) is 14.6 Å². The third kappa shape index (κ3) is 4.94. The zero-order valence-corrected chi connectivity index (χ0v) is 16.1. The minimum absolute atomic E-state index is 0.0414. The highest BCUT2D eigenvalue weighted by Crippen LogP contribution is 2.18. The maximum absolute atomic E-state index is 12.7. The Bertz CT molecular complexity index is 791. The summed E-state index contributed by atoms with van der Waals surface area (Å²) in [5.74, 6) is 0.145. The van der Waals surface area contributed by atoms with Crippen LogP contribution in [0.3, 0.4) is 0 Å². The average Bonchev–Trinajstić information content (AvgIpc) is 2.97. The Morgan fingerprint density at radius 2 is 1.59 bits per heavy atom. The van der Waals surface area contributed by atoms with Crippen LogP contribution in [0.15, 0.2) is 42.7 Å². The number of pyridine rings is 1. The van der Waals surface area contributed by atoms with Crippen molar-refractivity contribution in [3.63, 3.8) is 0 Å². The summed E-state index contributed by atoms with van der Waals surface area (Å²) in [6, 6.07) is 9.45. The molecule has 0 atom stereocenters. The zero-order chi connectivity index (χ0) is 19.2. The molecule has 1 saturated heterocycles. The molecule has 1 aromatic carbocycles. The summed E-state index contributed by atoms with van der Waals surface area (Å²) < 4.78 is 0. The Morgan fingerprint density at radius 1 is 0.963 bits per heavy atom. The van der Waals surface area contributed by atoms with Gasteiger partial charge in [0.1, 0.15) is 0 Å². The number of nitrogens with zero attached hydrogens (tertiary/aromatic N) is 2. The number of carbonyl (C=O) groups is 2. The number of aromatic nitrogens is 1. The van der Waals surface area contributed by atoms with E-state index in [2.05, 4.69) is 24.1 Å². The lowest BCUT2D eigenvalue weighted by Crippen LogP contribution is -2.32. The van der Waals surface area contributed by atoms with Crippen LogP contribution in [0.2, 0.25) is 0 Å². The van der Waals surface area contributed by atoms with Crippen LogP contribution in [-0.4, -0.2) is 34.8 Å². The summed E-state index contributed by atoms with van der Waals surface area (Å²) in [6.45, 7) is 5.81. The minimum Gasteiger partial charge on any atom is -0.339 e. The van der Waals surface area contributed by atoms with Crippen LogP contribution in [0, 0.1) is 0 Å². The van der Waals surface area contributed by atoms with Gasteiger partial charge in [-0.15, -0.1) is 0 Å². The molecule has 0 bridgehead atoms. The third-order valence-corrected chi connectivity index (χ3v) is 4.98. The predicted octanol–water partition coefficient (Wildman–Crippen LogP) is 4.47. The van der Waals surface area contributed by atoms with Crippen molar-refractivity contribution in [1.82, 2.24) is 9.88 Å². The largest absolute Gasteiger partial charge is 0.339 e. The molecular weight excluding hydrogens is 338 g/mol. The van der Waals surface area contributed by atoms with E-state index >= 15 is 0 Å². The van der Waals surface area contributed by atoms with Gasteiger partial charge in [-0.2, -0.15) is 0 Å². The van der Waals surface area contributed by atoms with Gasteiger partial charge in [0.25, 0.3) is 11.8 Å². The lowest BCUT2D eigenvalue weighted by Gasteiger charge is -2.20. The number of hydrogen-bond acceptors (Lipinski definition) is 3. The molecular formula is C22H27N3O2. The number of amides is 2. The Balaban J connectivity index is 1.70. The summed E-state index contributed by atoms with van der Waals surface area (Å²) in [5, 5.41) is 2.88. The smallest absolute Gasteiger partial charge is 0.257 e. The number of likely N-dealkylation sites (tertiary alicyclic amines) is 1. The summed E-state index contributed by atoms with van der Waals surface area (Å²) in [7, 11) is 0. The molecule has 5 nitrogen and oxygen atoms in total. The molecule has 1 aliphatic heterocycles. The van der Waals surface area contributed by atoms with E-state index in [4.69, 9.17) is 0 Å². The molecule has 1 aromatic heterocycles. The molecule has 0 spiro atoms. The van der Waals surface area contributed by atoms with Crippen LogP contribution >= 0.6 is 0 Å². The normalized spacial score (nSPS) is 14.7. The minimum atomic E-state index is -0.259. The van der Waals surface area contributed by atoms with Crippen LogP contribution < -0.4 is 5.32 Å². The van der Waals surface area contributed by atoms with Crippen LogP contribution in [0.4, 0.5) is 5.69 Å². The lowest BCUT2D eigenvalue weighted by molar-refractivity contribution is 0.0761. The molecule has 5 heteroatoms. The number of benzene rings is 1. The molecule has 1 fully saturated rings. The second-order valence-electron chi connectivity index (χ2n) is 7.40. The number of hydrogen-bond donors (Lipinski definition) is 1. The fourth-order valence-electron chi connectivity index (χ4n) is 3.29. The van der Waals surface area contributed by atoms with Gasteiger partial charge >= 0.3 is 0 Å². The first-order valence-electron chi connectivity index (χ1n) is 9.70. The summed E-state index contributed by atoms with van der Waals surface area (Å²) >= 11 is 0. The first-order chi connectivity index (χ1) is 13.0. The van der Waals surface area contributed by atoms with E-state index in [0.29, 0.717) is 17.0 Å². The number of carbonyl (C=O) groups excluding carboxylic acids is 2. The van der Waals surface area contributed by atoms with E-state index in [9.17, 15) is 9.59 Å². The predicted molar refractivity (Wildman–Crippen MR) is 107 cm³/mol. The van der Waals surface area contributed by atoms with Crippen LogP contribution in [-0.2, 0) is 0 Å². The standard InChI is InChI=1S/C22H27N3O2/c1-16(2)17-7-9-20(10-8-17)24-21(26)18-13-19(15-23-14-18)22(27)25-11-5-3-4-6-12-25/h7-10,13-16H,3-6,11-12H2,1-2H3,(H,24,26). The van der Waals surface area contributed by atoms with Gasteiger partial charge in [-0.05, 0) is 42.5 Å². The van der Waals surface area contributed by atoms with E-state index in [1.807, 2.05) is 29.2 Å². The van der Waals surface area contributed by atoms with Crippen molar-refractivity contribution in [2.24, 2.45) is 0 Å². The second-order valence-corrected chi connectivity index (χ2v) is 7.40. The highest BCUT2D eigenvalue weighted by molar-refractivity contribution is 6.05. The summed E-state index contributed by atoms with van der Waals surface area (Å²) in [5.41, 5.74) is 2.82. The van der Waals surface area contributed by atoms with E-state index in [0.717, 1.165) is 31.6 Å². The Hall–Kier alpha value is -2.69. The van der Waals surface area contributed by atoms with Crippen LogP contribution in [0.5, 0.6) is 0 Å². The maximum atomic E-state index is 12.7. The zero-order valence-electron chi connectivity index (χ0n) is 16.1. The molecule has 0 radical (unpaired) electrons. The fraction of sp³-hybridized carbons (Fsp3) is 0.409. The van der Waals surface area contributed by atoms with Gasteiger partial charge in [-0.25, -0.2) is 0 Å². The van der Waals surface area contributed by atoms with Crippen molar-refractivity contribution in [2.75, 3.05) is 18.4 Å². The van der Waals surface area contributed by atoms with Gasteiger partial charge in [-0.1, -0.05) is 38.8 Å². The van der Waals surface area contributed by atoms with Crippen molar-refractivity contribution in [2.45, 2.75) is 45.4 Å². The number of rotatable bonds is 4. The monoisotopic (exact) mass is 365 g/mol. The number of anilines is 1. The van der Waals surface area contributed by atoms with Crippen LogP contribution in [0.1, 0.15) is 71.7 Å². The van der Waals surface area contributed by atoms with Crippen molar-refractivity contribution in [1.29, 1.82) is 0 Å².